The Morgan fingerprint density at radius 3 is 2.23 bits per heavy atom. The van der Waals surface area contributed by atoms with Gasteiger partial charge in [0.1, 0.15) is 6.04 Å². The Bertz CT molecular complexity index is 311. The van der Waals surface area contributed by atoms with Gasteiger partial charge in [-0.1, -0.05) is 12.1 Å². The predicted octanol–water partition coefficient (Wildman–Crippen LogP) is 2.42. The Hall–Kier alpha value is -0.600. The topological polar surface area (TPSA) is 27.0 Å². The number of hydrogen-bond donors (Lipinski definition) is 0. The summed E-state index contributed by atoms with van der Waals surface area (Å²) >= 11 is 2.25. The predicted molar refractivity (Wildman–Crippen MR) is 61.2 cm³/mol. The fraction of sp³-hybridized carbons (Fsp3) is 0.300. The maximum Gasteiger partial charge on any atom is 0.123 e. The summed E-state index contributed by atoms with van der Waals surface area (Å²) in [6.07, 6.45) is 0. The smallest absolute Gasteiger partial charge is 0.123 e. The van der Waals surface area contributed by atoms with Gasteiger partial charge >= 0.3 is 0 Å². The molecule has 0 bridgehead atoms. The second-order valence-corrected chi connectivity index (χ2v) is 4.29. The molecule has 1 rings (SSSR count). The van der Waals surface area contributed by atoms with Gasteiger partial charge in [-0.05, 0) is 54.4 Å². The van der Waals surface area contributed by atoms with Crippen LogP contribution in [-0.4, -0.2) is 19.0 Å². The maximum absolute atomic E-state index is 8.93. The molecule has 0 heterocycles. The quantitative estimate of drug-likeness (QED) is 0.781. The summed E-state index contributed by atoms with van der Waals surface area (Å²) in [6.45, 7) is 0. The third kappa shape index (κ3) is 2.68. The molecule has 1 atom stereocenters. The molecule has 0 aromatic heterocycles. The van der Waals surface area contributed by atoms with E-state index in [0.717, 1.165) is 5.56 Å². The third-order valence-corrected chi connectivity index (χ3v) is 2.54. The number of halogens is 1. The monoisotopic (exact) mass is 286 g/mol. The normalized spacial score (nSPS) is 12.5. The van der Waals surface area contributed by atoms with E-state index in [-0.39, 0.29) is 6.04 Å². The Morgan fingerprint density at radius 1 is 1.31 bits per heavy atom. The van der Waals surface area contributed by atoms with Crippen molar-refractivity contribution in [1.82, 2.24) is 4.90 Å². The summed E-state index contributed by atoms with van der Waals surface area (Å²) in [5, 5.41) is 8.93. The van der Waals surface area contributed by atoms with Gasteiger partial charge in [0.25, 0.3) is 0 Å². The molecule has 0 radical (unpaired) electrons. The van der Waals surface area contributed by atoms with E-state index in [2.05, 4.69) is 28.7 Å². The first kappa shape index (κ1) is 10.5. The molecule has 0 fully saturated rings. The molecule has 0 N–H and O–H groups in total. The first-order chi connectivity index (χ1) is 6.15. The van der Waals surface area contributed by atoms with Crippen LogP contribution in [0.15, 0.2) is 24.3 Å². The highest BCUT2D eigenvalue weighted by molar-refractivity contribution is 14.1. The molecule has 1 unspecified atom stereocenters. The van der Waals surface area contributed by atoms with Crippen molar-refractivity contribution < 1.29 is 0 Å². The zero-order chi connectivity index (χ0) is 9.84. The van der Waals surface area contributed by atoms with Crippen LogP contribution in [0.5, 0.6) is 0 Å². The fourth-order valence-electron chi connectivity index (χ4n) is 1.13. The molecule has 1 aromatic carbocycles. The van der Waals surface area contributed by atoms with Crippen molar-refractivity contribution in [3.05, 3.63) is 33.4 Å². The molecule has 0 amide bonds. The highest BCUT2D eigenvalue weighted by atomic mass is 127. The molecule has 0 saturated heterocycles. The van der Waals surface area contributed by atoms with Crippen molar-refractivity contribution in [2.75, 3.05) is 14.1 Å². The Kier molecular flexibility index (Phi) is 3.70. The minimum atomic E-state index is -0.142. The van der Waals surface area contributed by atoms with Crippen molar-refractivity contribution >= 4 is 22.6 Å². The molecule has 0 aliphatic heterocycles. The number of nitriles is 1. The first-order valence-corrected chi connectivity index (χ1v) is 5.04. The largest absolute Gasteiger partial charge is 0.291 e. The summed E-state index contributed by atoms with van der Waals surface area (Å²) in [6, 6.07) is 10.1. The zero-order valence-corrected chi connectivity index (χ0v) is 9.82. The van der Waals surface area contributed by atoms with Crippen molar-refractivity contribution in [1.29, 1.82) is 5.26 Å². The molecular formula is C10H11IN2. The highest BCUT2D eigenvalue weighted by Gasteiger charge is 2.11. The molecule has 0 saturated carbocycles. The summed E-state index contributed by atoms with van der Waals surface area (Å²) in [7, 11) is 3.82. The zero-order valence-electron chi connectivity index (χ0n) is 7.66. The molecule has 0 spiro atoms. The van der Waals surface area contributed by atoms with E-state index in [1.165, 1.54) is 3.57 Å². The lowest BCUT2D eigenvalue weighted by atomic mass is 10.1. The first-order valence-electron chi connectivity index (χ1n) is 3.96. The van der Waals surface area contributed by atoms with Crippen LogP contribution in [-0.2, 0) is 0 Å². The van der Waals surface area contributed by atoms with E-state index in [1.54, 1.807) is 0 Å². The van der Waals surface area contributed by atoms with Crippen LogP contribution in [0.1, 0.15) is 11.6 Å². The molecule has 0 aliphatic carbocycles. The summed E-state index contributed by atoms with van der Waals surface area (Å²) in [4.78, 5) is 1.90. The molecule has 1 aromatic rings. The van der Waals surface area contributed by atoms with Gasteiger partial charge in [-0.3, -0.25) is 4.90 Å². The van der Waals surface area contributed by atoms with Crippen LogP contribution < -0.4 is 0 Å². The van der Waals surface area contributed by atoms with Gasteiger partial charge in [-0.15, -0.1) is 0 Å². The van der Waals surface area contributed by atoms with Crippen molar-refractivity contribution in [2.45, 2.75) is 6.04 Å². The van der Waals surface area contributed by atoms with E-state index in [9.17, 15) is 0 Å². The average Bonchev–Trinajstić information content (AvgIpc) is 2.09. The highest BCUT2D eigenvalue weighted by Crippen LogP contribution is 2.18. The average molecular weight is 286 g/mol. The SMILES string of the molecule is CN(C)C(C#N)c1ccc(I)cc1. The number of rotatable bonds is 2. The van der Waals surface area contributed by atoms with Gasteiger partial charge in [0.05, 0.1) is 6.07 Å². The van der Waals surface area contributed by atoms with Gasteiger partial charge < -0.3 is 0 Å². The fourth-order valence-corrected chi connectivity index (χ4v) is 1.49. The second kappa shape index (κ2) is 4.58. The molecule has 2 nitrogen and oxygen atoms in total. The van der Waals surface area contributed by atoms with Crippen molar-refractivity contribution in [2.24, 2.45) is 0 Å². The van der Waals surface area contributed by atoms with E-state index < -0.39 is 0 Å². The van der Waals surface area contributed by atoms with Gasteiger partial charge in [0.2, 0.25) is 0 Å². The van der Waals surface area contributed by atoms with E-state index in [1.807, 2.05) is 43.3 Å². The Morgan fingerprint density at radius 2 is 1.85 bits per heavy atom. The van der Waals surface area contributed by atoms with Crippen LogP contribution in [0.2, 0.25) is 0 Å². The summed E-state index contributed by atoms with van der Waals surface area (Å²) in [5.41, 5.74) is 1.05. The Labute approximate surface area is 92.3 Å². The van der Waals surface area contributed by atoms with Crippen LogP contribution in [0, 0.1) is 14.9 Å². The standard InChI is InChI=1S/C10H11IN2/c1-13(2)10(7-12)8-3-5-9(11)6-4-8/h3-6,10H,1-2H3. The van der Waals surface area contributed by atoms with Crippen molar-refractivity contribution in [3.63, 3.8) is 0 Å². The second-order valence-electron chi connectivity index (χ2n) is 3.05. The van der Waals surface area contributed by atoms with Crippen LogP contribution in [0.4, 0.5) is 0 Å². The number of benzene rings is 1. The molecule has 0 aliphatic rings. The molecular weight excluding hydrogens is 275 g/mol. The van der Waals surface area contributed by atoms with E-state index in [4.69, 9.17) is 5.26 Å². The number of hydrogen-bond acceptors (Lipinski definition) is 2. The Balaban J connectivity index is 2.94. The maximum atomic E-state index is 8.93. The lowest BCUT2D eigenvalue weighted by Crippen LogP contribution is -2.18. The third-order valence-electron chi connectivity index (χ3n) is 1.82. The van der Waals surface area contributed by atoms with Crippen LogP contribution in [0.3, 0.4) is 0 Å². The molecule has 3 heteroatoms. The van der Waals surface area contributed by atoms with Crippen molar-refractivity contribution in [3.8, 4) is 6.07 Å². The van der Waals surface area contributed by atoms with Crippen LogP contribution >= 0.6 is 22.6 Å². The van der Waals surface area contributed by atoms with E-state index >= 15 is 0 Å². The molecule has 68 valence electrons. The lowest BCUT2D eigenvalue weighted by Gasteiger charge is -2.17. The lowest BCUT2D eigenvalue weighted by molar-refractivity contribution is 0.358. The van der Waals surface area contributed by atoms with Gasteiger partial charge in [0.15, 0.2) is 0 Å². The van der Waals surface area contributed by atoms with Gasteiger partial charge in [0, 0.05) is 3.57 Å². The summed E-state index contributed by atoms with van der Waals surface area (Å²) < 4.78 is 1.19. The summed E-state index contributed by atoms with van der Waals surface area (Å²) in [5.74, 6) is 0. The number of nitrogens with zero attached hydrogens (tertiary/aromatic N) is 2. The van der Waals surface area contributed by atoms with Gasteiger partial charge in [-0.25, -0.2) is 0 Å². The molecule has 13 heavy (non-hydrogen) atoms. The minimum Gasteiger partial charge on any atom is -0.291 e. The van der Waals surface area contributed by atoms with E-state index in [0.29, 0.717) is 0 Å². The minimum absolute atomic E-state index is 0.142. The van der Waals surface area contributed by atoms with Gasteiger partial charge in [-0.2, -0.15) is 5.26 Å². The van der Waals surface area contributed by atoms with Crippen LogP contribution in [0.25, 0.3) is 0 Å².